The lowest BCUT2D eigenvalue weighted by Gasteiger charge is -1.90. The highest BCUT2D eigenvalue weighted by molar-refractivity contribution is 7.80. The molecule has 9 heavy (non-hydrogen) atoms. The van der Waals surface area contributed by atoms with Gasteiger partial charge in [0.15, 0.2) is 0 Å². The van der Waals surface area contributed by atoms with Gasteiger partial charge >= 0.3 is 0 Å². The molecule has 0 radical (unpaired) electrons. The molecule has 1 nitrogen and oxygen atoms in total. The zero-order chi connectivity index (χ0) is 6.69. The Morgan fingerprint density at radius 2 is 2.22 bits per heavy atom. The molecule has 46 valence electrons. The van der Waals surface area contributed by atoms with Crippen LogP contribution in [-0.4, -0.2) is 6.72 Å². The van der Waals surface area contributed by atoms with E-state index < -0.39 is 0 Å². The van der Waals surface area contributed by atoms with Crippen molar-refractivity contribution in [3.05, 3.63) is 24.3 Å². The van der Waals surface area contributed by atoms with Crippen molar-refractivity contribution in [3.8, 4) is 0 Å². The summed E-state index contributed by atoms with van der Waals surface area (Å²) in [6.07, 6.45) is 0. The van der Waals surface area contributed by atoms with Crippen molar-refractivity contribution in [2.45, 2.75) is 4.90 Å². The summed E-state index contributed by atoms with van der Waals surface area (Å²) in [5, 5.41) is 0. The average Bonchev–Trinajstić information content (AvgIpc) is 1.88. The lowest BCUT2D eigenvalue weighted by molar-refractivity contribution is 1.43. The van der Waals surface area contributed by atoms with Crippen LogP contribution >= 0.6 is 12.6 Å². The van der Waals surface area contributed by atoms with Gasteiger partial charge in [-0.2, -0.15) is 0 Å². The molecule has 0 spiro atoms. The van der Waals surface area contributed by atoms with E-state index >= 15 is 0 Å². The molecule has 1 rings (SSSR count). The summed E-state index contributed by atoms with van der Waals surface area (Å²) in [7, 11) is 0. The van der Waals surface area contributed by atoms with Gasteiger partial charge in [0.25, 0.3) is 0 Å². The highest BCUT2D eigenvalue weighted by Crippen LogP contribution is 2.14. The van der Waals surface area contributed by atoms with Crippen LogP contribution in [0.15, 0.2) is 34.2 Å². The fourth-order valence-electron chi connectivity index (χ4n) is 0.591. The maximum atomic E-state index is 4.12. The summed E-state index contributed by atoms with van der Waals surface area (Å²) in [5.74, 6) is 0. The van der Waals surface area contributed by atoms with Crippen LogP contribution in [0.3, 0.4) is 0 Å². The predicted octanol–water partition coefficient (Wildman–Crippen LogP) is 2.31. The SMILES string of the molecule is C=Nc1cccc(S)c1. The van der Waals surface area contributed by atoms with Gasteiger partial charge in [-0.3, -0.25) is 4.99 Å². The van der Waals surface area contributed by atoms with Crippen LogP contribution in [-0.2, 0) is 0 Å². The second-order valence-electron chi connectivity index (χ2n) is 1.68. The average molecular weight is 137 g/mol. The molecule has 1 aromatic carbocycles. The first kappa shape index (κ1) is 6.36. The third-order valence-corrected chi connectivity index (χ3v) is 1.29. The van der Waals surface area contributed by atoms with Crippen molar-refractivity contribution in [1.29, 1.82) is 0 Å². The van der Waals surface area contributed by atoms with Gasteiger partial charge in [0.05, 0.1) is 5.69 Å². The van der Waals surface area contributed by atoms with Crippen molar-refractivity contribution in [2.75, 3.05) is 0 Å². The third kappa shape index (κ3) is 1.57. The summed E-state index contributed by atoms with van der Waals surface area (Å²) >= 11 is 4.12. The van der Waals surface area contributed by atoms with Crippen molar-refractivity contribution < 1.29 is 0 Å². The highest BCUT2D eigenvalue weighted by Gasteiger charge is 1.85. The molecule has 0 N–H and O–H groups in total. The Bertz CT molecular complexity index is 220. The van der Waals surface area contributed by atoms with E-state index in [0.717, 1.165) is 10.6 Å². The van der Waals surface area contributed by atoms with Crippen molar-refractivity contribution in [2.24, 2.45) is 4.99 Å². The Hall–Kier alpha value is -0.760. The number of thiol groups is 1. The zero-order valence-corrected chi connectivity index (χ0v) is 5.81. The van der Waals surface area contributed by atoms with E-state index in [1.165, 1.54) is 0 Å². The number of aliphatic imine (C=N–C) groups is 1. The summed E-state index contributed by atoms with van der Waals surface area (Å²) in [5.41, 5.74) is 0.863. The lowest BCUT2D eigenvalue weighted by atomic mass is 10.3. The van der Waals surface area contributed by atoms with Gasteiger partial charge in [0.2, 0.25) is 0 Å². The standard InChI is InChI=1S/C7H7NS/c1-8-6-3-2-4-7(9)5-6/h2-5,9H,1H2. The van der Waals surface area contributed by atoms with E-state index in [0.29, 0.717) is 0 Å². The van der Waals surface area contributed by atoms with Gasteiger partial charge in [0, 0.05) is 4.90 Å². The first-order valence-electron chi connectivity index (χ1n) is 2.58. The maximum absolute atomic E-state index is 4.12. The molecule has 0 atom stereocenters. The van der Waals surface area contributed by atoms with Crippen molar-refractivity contribution in [1.82, 2.24) is 0 Å². The van der Waals surface area contributed by atoms with Crippen LogP contribution in [0.5, 0.6) is 0 Å². The fraction of sp³-hybridized carbons (Fsp3) is 0. The second-order valence-corrected chi connectivity index (χ2v) is 2.19. The summed E-state index contributed by atoms with van der Waals surface area (Å²) < 4.78 is 0. The third-order valence-electron chi connectivity index (χ3n) is 1.01. The molecule has 0 saturated heterocycles. The molecule has 0 heterocycles. The van der Waals surface area contributed by atoms with Crippen LogP contribution in [0.4, 0.5) is 5.69 Å². The molecule has 0 bridgehead atoms. The lowest BCUT2D eigenvalue weighted by Crippen LogP contribution is -1.63. The topological polar surface area (TPSA) is 12.4 Å². The molecule has 2 heteroatoms. The van der Waals surface area contributed by atoms with Crippen molar-refractivity contribution >= 4 is 25.0 Å². The second kappa shape index (κ2) is 2.69. The minimum Gasteiger partial charge on any atom is -0.265 e. The first-order valence-corrected chi connectivity index (χ1v) is 3.03. The van der Waals surface area contributed by atoms with Crippen LogP contribution in [0.2, 0.25) is 0 Å². The number of hydrogen-bond acceptors (Lipinski definition) is 2. The molecule has 1 aromatic rings. The smallest absolute Gasteiger partial charge is 0.0633 e. The number of benzene rings is 1. The molecule has 0 aliphatic carbocycles. The molecule has 0 aromatic heterocycles. The van der Waals surface area contributed by atoms with Gasteiger partial charge < -0.3 is 0 Å². The van der Waals surface area contributed by atoms with Gasteiger partial charge in [0.1, 0.15) is 0 Å². The number of nitrogens with zero attached hydrogens (tertiary/aromatic N) is 1. The molecular formula is C7H7NS. The van der Waals surface area contributed by atoms with Crippen LogP contribution in [0.1, 0.15) is 0 Å². The van der Waals surface area contributed by atoms with E-state index in [2.05, 4.69) is 24.3 Å². The quantitative estimate of drug-likeness (QED) is 0.450. The first-order chi connectivity index (χ1) is 4.33. The molecule has 0 aliphatic heterocycles. The molecule has 0 saturated carbocycles. The Morgan fingerprint density at radius 1 is 1.44 bits per heavy atom. The summed E-state index contributed by atoms with van der Waals surface area (Å²) in [4.78, 5) is 4.65. The number of rotatable bonds is 1. The predicted molar refractivity (Wildman–Crippen MR) is 42.9 cm³/mol. The van der Waals surface area contributed by atoms with Gasteiger partial charge in [-0.05, 0) is 24.9 Å². The van der Waals surface area contributed by atoms with E-state index in [4.69, 9.17) is 0 Å². The van der Waals surface area contributed by atoms with Crippen molar-refractivity contribution in [3.63, 3.8) is 0 Å². The molecule has 0 fully saturated rings. The van der Waals surface area contributed by atoms with Gasteiger partial charge in [-0.1, -0.05) is 6.07 Å². The van der Waals surface area contributed by atoms with E-state index in [1.807, 2.05) is 24.3 Å². The Balaban J connectivity index is 3.07. The van der Waals surface area contributed by atoms with E-state index in [1.54, 1.807) is 0 Å². The summed E-state index contributed by atoms with van der Waals surface area (Å²) in [6, 6.07) is 7.53. The minimum atomic E-state index is 0.863. The number of hydrogen-bond donors (Lipinski definition) is 1. The molecule has 0 aliphatic rings. The largest absolute Gasteiger partial charge is 0.265 e. The molecule has 0 amide bonds. The Kier molecular flexibility index (Phi) is 1.90. The fourth-order valence-corrected chi connectivity index (χ4v) is 0.810. The highest BCUT2D eigenvalue weighted by atomic mass is 32.1. The van der Waals surface area contributed by atoms with E-state index in [9.17, 15) is 0 Å². The minimum absolute atomic E-state index is 0.863. The van der Waals surface area contributed by atoms with Crippen LogP contribution in [0.25, 0.3) is 0 Å². The Labute approximate surface area is 59.8 Å². The van der Waals surface area contributed by atoms with Gasteiger partial charge in [-0.25, -0.2) is 0 Å². The monoisotopic (exact) mass is 137 g/mol. The molecular weight excluding hydrogens is 130 g/mol. The Morgan fingerprint density at radius 3 is 2.67 bits per heavy atom. The van der Waals surface area contributed by atoms with Crippen LogP contribution in [0, 0.1) is 0 Å². The maximum Gasteiger partial charge on any atom is 0.0633 e. The molecule has 0 unspecified atom stereocenters. The zero-order valence-electron chi connectivity index (χ0n) is 4.91. The summed E-state index contributed by atoms with van der Waals surface area (Å²) in [6.45, 7) is 3.39. The van der Waals surface area contributed by atoms with E-state index in [-0.39, 0.29) is 0 Å². The van der Waals surface area contributed by atoms with Crippen LogP contribution < -0.4 is 0 Å². The normalized spacial score (nSPS) is 9.00. The van der Waals surface area contributed by atoms with Gasteiger partial charge in [-0.15, -0.1) is 12.6 Å².